The zero-order chi connectivity index (χ0) is 23.1. The molecule has 1 saturated carbocycles. The van der Waals surface area contributed by atoms with E-state index in [1.165, 1.54) is 18.2 Å². The van der Waals surface area contributed by atoms with Crippen molar-refractivity contribution >= 4 is 39.9 Å². The lowest BCUT2D eigenvalue weighted by Gasteiger charge is -2.10. The van der Waals surface area contributed by atoms with Crippen molar-refractivity contribution in [2.75, 3.05) is 16.4 Å². The molecule has 0 radical (unpaired) electrons. The van der Waals surface area contributed by atoms with Gasteiger partial charge in [-0.15, -0.1) is 0 Å². The van der Waals surface area contributed by atoms with Crippen LogP contribution in [-0.2, 0) is 7.05 Å². The number of aromatic nitrogens is 3. The number of non-ortho nitro benzene ring substituents is 1. The van der Waals surface area contributed by atoms with Crippen LogP contribution in [0.5, 0.6) is 0 Å². The number of amides is 2. The molecule has 0 aliphatic heterocycles. The number of nitro benzene ring substituents is 1. The molecule has 2 heterocycles. The van der Waals surface area contributed by atoms with E-state index in [1.807, 2.05) is 19.2 Å². The van der Waals surface area contributed by atoms with Crippen molar-refractivity contribution in [2.45, 2.75) is 18.8 Å². The van der Waals surface area contributed by atoms with E-state index in [2.05, 4.69) is 21.8 Å². The Morgan fingerprint density at radius 1 is 1.12 bits per heavy atom. The molecule has 2 aromatic heterocycles. The van der Waals surface area contributed by atoms with Crippen LogP contribution in [0.1, 0.15) is 24.5 Å². The van der Waals surface area contributed by atoms with Crippen molar-refractivity contribution in [1.82, 2.24) is 14.8 Å². The van der Waals surface area contributed by atoms with E-state index in [1.54, 1.807) is 22.9 Å². The highest BCUT2D eigenvalue weighted by molar-refractivity contribution is 6.02. The normalized spacial score (nSPS) is 13.1. The van der Waals surface area contributed by atoms with Gasteiger partial charge in [0, 0.05) is 42.2 Å². The molecule has 1 aliphatic carbocycles. The smallest absolute Gasteiger partial charge is 0.323 e. The number of nitrogens with zero attached hydrogens (tertiary/aromatic N) is 4. The standard InChI is InChI=1S/C23H21N7O3/c1-29-22-20(21(24)28-29)18(12-19(27-22)14-5-6-14)13-7-9-15(10-8-13)25-23(31)26-16-3-2-4-17(11-16)30(32)33/h2-4,7-12,14H,5-6H2,1H3,(H2,24,28)(H2,25,26,31). The minimum absolute atomic E-state index is 0.0962. The molecule has 4 N–H and O–H groups in total. The Bertz CT molecular complexity index is 1390. The molecule has 4 aromatic rings. The summed E-state index contributed by atoms with van der Waals surface area (Å²) in [7, 11) is 1.83. The summed E-state index contributed by atoms with van der Waals surface area (Å²) in [5, 5.41) is 21.4. The zero-order valence-electron chi connectivity index (χ0n) is 17.8. The summed E-state index contributed by atoms with van der Waals surface area (Å²) < 4.78 is 1.70. The molecule has 10 nitrogen and oxygen atoms in total. The van der Waals surface area contributed by atoms with E-state index in [9.17, 15) is 14.9 Å². The highest BCUT2D eigenvalue weighted by atomic mass is 16.6. The number of hydrogen-bond donors (Lipinski definition) is 3. The fourth-order valence-corrected chi connectivity index (χ4v) is 3.84. The topological polar surface area (TPSA) is 141 Å². The second-order valence-corrected chi connectivity index (χ2v) is 8.04. The Morgan fingerprint density at radius 2 is 1.85 bits per heavy atom. The number of carbonyl (C=O) groups excluding carboxylic acids is 1. The van der Waals surface area contributed by atoms with Crippen LogP contribution in [-0.4, -0.2) is 25.7 Å². The number of fused-ring (bicyclic) bond motifs is 1. The third-order valence-corrected chi connectivity index (χ3v) is 5.60. The number of nitrogens with two attached hydrogens (primary N) is 1. The maximum Gasteiger partial charge on any atom is 0.323 e. The number of aryl methyl sites for hydroxylation is 1. The first kappa shape index (κ1) is 20.4. The van der Waals surface area contributed by atoms with E-state index in [0.717, 1.165) is 40.7 Å². The van der Waals surface area contributed by atoms with Gasteiger partial charge in [0.1, 0.15) is 0 Å². The minimum Gasteiger partial charge on any atom is -0.382 e. The highest BCUT2D eigenvalue weighted by Gasteiger charge is 2.27. The van der Waals surface area contributed by atoms with Crippen molar-refractivity contribution in [1.29, 1.82) is 0 Å². The summed E-state index contributed by atoms with van der Waals surface area (Å²) in [5.74, 6) is 0.901. The molecule has 0 saturated heterocycles. The summed E-state index contributed by atoms with van der Waals surface area (Å²) in [6.07, 6.45) is 2.27. The van der Waals surface area contributed by atoms with Gasteiger partial charge >= 0.3 is 6.03 Å². The van der Waals surface area contributed by atoms with Gasteiger partial charge in [-0.2, -0.15) is 5.10 Å². The number of rotatable bonds is 5. The number of nitrogen functional groups attached to an aromatic ring is 1. The lowest BCUT2D eigenvalue weighted by Crippen LogP contribution is -2.19. The van der Waals surface area contributed by atoms with E-state index in [4.69, 9.17) is 10.7 Å². The molecule has 0 atom stereocenters. The van der Waals surface area contributed by atoms with E-state index in [0.29, 0.717) is 23.1 Å². The maximum absolute atomic E-state index is 12.3. The predicted octanol–water partition coefficient (Wildman–Crippen LogP) is 4.65. The van der Waals surface area contributed by atoms with Crippen molar-refractivity contribution in [3.05, 3.63) is 70.4 Å². The summed E-state index contributed by atoms with van der Waals surface area (Å²) in [4.78, 5) is 27.5. The number of nitro groups is 1. The Hall–Kier alpha value is -4.47. The van der Waals surface area contributed by atoms with Crippen molar-refractivity contribution in [3.63, 3.8) is 0 Å². The Balaban J connectivity index is 1.38. The molecule has 0 bridgehead atoms. The Labute approximate surface area is 188 Å². The molecule has 5 rings (SSSR count). The van der Waals surface area contributed by atoms with Crippen LogP contribution in [0.4, 0.5) is 27.7 Å². The second-order valence-electron chi connectivity index (χ2n) is 8.04. The maximum atomic E-state index is 12.3. The van der Waals surface area contributed by atoms with E-state index < -0.39 is 11.0 Å². The van der Waals surface area contributed by atoms with Gasteiger partial charge in [-0.05, 0) is 48.2 Å². The molecular formula is C23H21N7O3. The third kappa shape index (κ3) is 4.05. The average molecular weight is 443 g/mol. The van der Waals surface area contributed by atoms with Crippen LogP contribution in [0.15, 0.2) is 54.6 Å². The molecule has 10 heteroatoms. The quantitative estimate of drug-likeness (QED) is 0.303. The second kappa shape index (κ2) is 7.90. The van der Waals surface area contributed by atoms with Crippen LogP contribution >= 0.6 is 0 Å². The first-order valence-electron chi connectivity index (χ1n) is 10.4. The van der Waals surface area contributed by atoms with Crippen molar-refractivity contribution < 1.29 is 9.72 Å². The lowest BCUT2D eigenvalue weighted by molar-refractivity contribution is -0.384. The van der Waals surface area contributed by atoms with Gasteiger partial charge in [0.2, 0.25) is 0 Å². The van der Waals surface area contributed by atoms with E-state index >= 15 is 0 Å². The monoisotopic (exact) mass is 443 g/mol. The van der Waals surface area contributed by atoms with Gasteiger partial charge in [0.05, 0.1) is 10.3 Å². The van der Waals surface area contributed by atoms with Gasteiger partial charge in [-0.25, -0.2) is 14.5 Å². The molecule has 1 aliphatic rings. The van der Waals surface area contributed by atoms with Crippen LogP contribution in [0, 0.1) is 10.1 Å². The number of carbonyl (C=O) groups is 1. The summed E-state index contributed by atoms with van der Waals surface area (Å²) in [5.41, 5.74) is 10.7. The minimum atomic E-state index is -0.512. The van der Waals surface area contributed by atoms with E-state index in [-0.39, 0.29) is 5.69 Å². The predicted molar refractivity (Wildman–Crippen MR) is 126 cm³/mol. The van der Waals surface area contributed by atoms with Crippen molar-refractivity contribution in [2.24, 2.45) is 7.05 Å². The van der Waals surface area contributed by atoms with Gasteiger partial charge < -0.3 is 16.4 Å². The summed E-state index contributed by atoms with van der Waals surface area (Å²) in [6, 6.07) is 14.7. The number of urea groups is 1. The Morgan fingerprint density at radius 3 is 2.55 bits per heavy atom. The number of nitrogens with one attached hydrogen (secondary N) is 2. The van der Waals surface area contributed by atoms with Gasteiger partial charge in [0.25, 0.3) is 5.69 Å². The molecular weight excluding hydrogens is 422 g/mol. The third-order valence-electron chi connectivity index (χ3n) is 5.60. The van der Waals surface area contributed by atoms with Crippen molar-refractivity contribution in [3.8, 4) is 11.1 Å². The summed E-state index contributed by atoms with van der Waals surface area (Å²) in [6.45, 7) is 0. The summed E-state index contributed by atoms with van der Waals surface area (Å²) >= 11 is 0. The largest absolute Gasteiger partial charge is 0.382 e. The van der Waals surface area contributed by atoms with Gasteiger partial charge in [-0.1, -0.05) is 18.2 Å². The zero-order valence-corrected chi connectivity index (χ0v) is 17.8. The first-order chi connectivity index (χ1) is 15.9. The Kier molecular flexibility index (Phi) is 4.89. The first-order valence-corrected chi connectivity index (χ1v) is 10.4. The molecule has 2 aromatic carbocycles. The molecule has 1 fully saturated rings. The fraction of sp³-hybridized carbons (Fsp3) is 0.174. The lowest BCUT2D eigenvalue weighted by atomic mass is 10.0. The number of pyridine rings is 1. The van der Waals surface area contributed by atoms with Gasteiger partial charge in [0.15, 0.2) is 11.5 Å². The SMILES string of the molecule is Cn1nc(N)c2c(-c3ccc(NC(=O)Nc4cccc([N+](=O)[O-])c4)cc3)cc(C3CC3)nc21. The number of hydrogen-bond acceptors (Lipinski definition) is 6. The molecule has 0 spiro atoms. The van der Waals surface area contributed by atoms with Crippen LogP contribution in [0.2, 0.25) is 0 Å². The molecule has 2 amide bonds. The highest BCUT2D eigenvalue weighted by Crippen LogP contribution is 2.42. The number of anilines is 3. The van der Waals surface area contributed by atoms with Crippen LogP contribution < -0.4 is 16.4 Å². The van der Waals surface area contributed by atoms with Crippen LogP contribution in [0.3, 0.4) is 0 Å². The molecule has 166 valence electrons. The molecule has 33 heavy (non-hydrogen) atoms. The van der Waals surface area contributed by atoms with Gasteiger partial charge in [-0.3, -0.25) is 10.1 Å². The number of benzene rings is 2. The molecule has 0 unspecified atom stereocenters. The average Bonchev–Trinajstić information content (AvgIpc) is 3.60. The van der Waals surface area contributed by atoms with Crippen LogP contribution in [0.25, 0.3) is 22.2 Å². The fourth-order valence-electron chi connectivity index (χ4n) is 3.84.